The minimum atomic E-state index is 0.169. The Kier molecular flexibility index (Phi) is 5.14. The summed E-state index contributed by atoms with van der Waals surface area (Å²) >= 11 is 0. The Morgan fingerprint density at radius 2 is 1.51 bits per heavy atom. The molecule has 4 heterocycles. The van der Waals surface area contributed by atoms with Crippen molar-refractivity contribution in [1.82, 2.24) is 0 Å². The van der Waals surface area contributed by atoms with E-state index in [2.05, 4.69) is 144 Å². The Morgan fingerprint density at radius 3 is 2.38 bits per heavy atom. The lowest BCUT2D eigenvalue weighted by Gasteiger charge is -2.34. The van der Waals surface area contributed by atoms with Crippen LogP contribution in [0.3, 0.4) is 0 Å². The van der Waals surface area contributed by atoms with Gasteiger partial charge in [-0.2, -0.15) is 9.13 Å². The number of fused-ring (bicyclic) bond motifs is 6. The predicted octanol–water partition coefficient (Wildman–Crippen LogP) is 7.19. The molecule has 0 saturated heterocycles. The summed E-state index contributed by atoms with van der Waals surface area (Å²) in [6.07, 6.45) is 7.65. The normalized spacial score (nSPS) is 19.2. The molecule has 2 aliphatic heterocycles. The fraction of sp³-hybridized carbons (Fsp3) is 0.143. The minimum absolute atomic E-state index is 0.169. The maximum Gasteiger partial charge on any atom is 0.213 e. The number of hydrogen-bond donors (Lipinski definition) is 0. The van der Waals surface area contributed by atoms with Gasteiger partial charge in [0.15, 0.2) is 24.5 Å². The summed E-state index contributed by atoms with van der Waals surface area (Å²) in [6.45, 7) is 6.52. The molecule has 0 bridgehead atoms. The Balaban J connectivity index is 1.42. The van der Waals surface area contributed by atoms with Crippen LogP contribution in [0.1, 0.15) is 34.7 Å². The monoisotopic (exact) mass is 478 g/mol. The molecule has 0 spiro atoms. The van der Waals surface area contributed by atoms with Crippen LogP contribution in [-0.4, -0.2) is 0 Å². The van der Waals surface area contributed by atoms with Gasteiger partial charge in [0.1, 0.15) is 5.92 Å². The van der Waals surface area contributed by atoms with Crippen LogP contribution < -0.4 is 9.13 Å². The molecule has 178 valence electrons. The van der Waals surface area contributed by atoms with Gasteiger partial charge in [0.2, 0.25) is 11.4 Å². The van der Waals surface area contributed by atoms with E-state index in [0.29, 0.717) is 0 Å². The molecule has 3 unspecified atom stereocenters. The number of hydrogen-bond acceptors (Lipinski definition) is 0. The third-order valence-corrected chi connectivity index (χ3v) is 8.25. The highest BCUT2D eigenvalue weighted by Gasteiger charge is 2.48. The van der Waals surface area contributed by atoms with Gasteiger partial charge in [0.25, 0.3) is 0 Å². The number of pyridine rings is 2. The van der Waals surface area contributed by atoms with Crippen LogP contribution in [0.5, 0.6) is 0 Å². The van der Waals surface area contributed by atoms with Crippen molar-refractivity contribution in [3.8, 4) is 33.6 Å². The average molecular weight is 479 g/mol. The van der Waals surface area contributed by atoms with E-state index in [1.165, 1.54) is 50.3 Å². The van der Waals surface area contributed by atoms with Crippen molar-refractivity contribution in [3.63, 3.8) is 0 Å². The third kappa shape index (κ3) is 3.48. The third-order valence-electron chi connectivity index (χ3n) is 8.25. The second-order valence-corrected chi connectivity index (χ2v) is 10.3. The molecule has 2 aromatic heterocycles. The molecule has 2 nitrogen and oxygen atoms in total. The molecule has 7 rings (SSSR count). The molecule has 0 radical (unpaired) electrons. The Hall–Kier alpha value is -4.30. The number of aryl methyl sites for hydroxylation is 1. The second kappa shape index (κ2) is 8.67. The predicted molar refractivity (Wildman–Crippen MR) is 149 cm³/mol. The van der Waals surface area contributed by atoms with Gasteiger partial charge in [-0.3, -0.25) is 0 Å². The first-order chi connectivity index (χ1) is 18.2. The van der Waals surface area contributed by atoms with E-state index in [-0.39, 0.29) is 18.0 Å². The van der Waals surface area contributed by atoms with Gasteiger partial charge in [0, 0.05) is 30.7 Å². The average Bonchev–Trinajstić information content (AvgIpc) is 2.96. The molecule has 3 atom stereocenters. The largest absolute Gasteiger partial charge is 0.213 e. The summed E-state index contributed by atoms with van der Waals surface area (Å²) < 4.78 is 4.96. The Morgan fingerprint density at radius 1 is 0.703 bits per heavy atom. The fourth-order valence-corrected chi connectivity index (χ4v) is 6.57. The molecular formula is C35H30N2+2. The van der Waals surface area contributed by atoms with Crippen LogP contribution in [0.15, 0.2) is 128 Å². The Bertz CT molecular complexity index is 1650. The highest BCUT2D eigenvalue weighted by molar-refractivity contribution is 5.74. The van der Waals surface area contributed by atoms with E-state index >= 15 is 0 Å². The van der Waals surface area contributed by atoms with E-state index < -0.39 is 0 Å². The lowest BCUT2D eigenvalue weighted by atomic mass is 9.74. The van der Waals surface area contributed by atoms with Gasteiger partial charge in [-0.15, -0.1) is 0 Å². The van der Waals surface area contributed by atoms with Gasteiger partial charge in [-0.25, -0.2) is 0 Å². The van der Waals surface area contributed by atoms with Gasteiger partial charge >= 0.3 is 0 Å². The quantitative estimate of drug-likeness (QED) is 0.191. The molecule has 0 N–H and O–H groups in total. The van der Waals surface area contributed by atoms with E-state index in [1.54, 1.807) is 0 Å². The van der Waals surface area contributed by atoms with Crippen molar-refractivity contribution in [2.75, 3.05) is 0 Å². The Labute approximate surface area is 218 Å². The van der Waals surface area contributed by atoms with Crippen molar-refractivity contribution >= 4 is 0 Å². The standard InChI is InChI=1S/C35H30N2/c1-3-31-35(29-14-8-7-13-28(29)32-15-9-10-19-36(31)32)34-23-27-17-16-26(25-11-5-4-6-12-25)22-30(27)33-21-24(2)18-20-37(33)34/h3-22,31,34-35H,1,23H2,2H3/q+2. The highest BCUT2D eigenvalue weighted by atomic mass is 15.1. The summed E-state index contributed by atoms with van der Waals surface area (Å²) in [6, 6.07) is 38.2. The second-order valence-electron chi connectivity index (χ2n) is 10.3. The van der Waals surface area contributed by atoms with Crippen LogP contribution in [0, 0.1) is 6.92 Å². The lowest BCUT2D eigenvalue weighted by Crippen LogP contribution is -2.55. The first-order valence-corrected chi connectivity index (χ1v) is 13.2. The lowest BCUT2D eigenvalue weighted by molar-refractivity contribution is -0.748. The van der Waals surface area contributed by atoms with Crippen LogP contribution in [0.2, 0.25) is 0 Å². The summed E-state index contributed by atoms with van der Waals surface area (Å²) in [5, 5.41) is 0. The molecule has 3 aromatic carbocycles. The summed E-state index contributed by atoms with van der Waals surface area (Å²) in [5.41, 5.74) is 11.9. The van der Waals surface area contributed by atoms with Crippen LogP contribution in [-0.2, 0) is 6.42 Å². The zero-order chi connectivity index (χ0) is 24.9. The van der Waals surface area contributed by atoms with Gasteiger partial charge in [0.05, 0.1) is 11.1 Å². The molecule has 5 aromatic rings. The number of nitrogens with zero attached hydrogens (tertiary/aromatic N) is 2. The molecule has 37 heavy (non-hydrogen) atoms. The minimum Gasteiger partial charge on any atom is -0.194 e. The zero-order valence-corrected chi connectivity index (χ0v) is 21.1. The maximum atomic E-state index is 4.33. The maximum absolute atomic E-state index is 4.33. The van der Waals surface area contributed by atoms with Crippen molar-refractivity contribution in [2.24, 2.45) is 0 Å². The fourth-order valence-electron chi connectivity index (χ4n) is 6.57. The molecule has 0 amide bonds. The summed E-state index contributed by atoms with van der Waals surface area (Å²) in [7, 11) is 0. The van der Waals surface area contributed by atoms with Gasteiger partial charge in [-0.05, 0) is 59.0 Å². The van der Waals surface area contributed by atoms with Crippen LogP contribution in [0.25, 0.3) is 33.6 Å². The summed E-state index contributed by atoms with van der Waals surface area (Å²) in [4.78, 5) is 0. The number of aromatic nitrogens is 2. The van der Waals surface area contributed by atoms with E-state index in [1.807, 2.05) is 0 Å². The topological polar surface area (TPSA) is 7.76 Å². The van der Waals surface area contributed by atoms with Crippen molar-refractivity contribution in [2.45, 2.75) is 31.3 Å². The SMILES string of the molecule is C=CC1C(C2Cc3ccc(-c4ccccc4)cc3-c3cc(C)cc[n+]32)c2ccccc2-c2cccc[n+]21. The van der Waals surface area contributed by atoms with Crippen LogP contribution >= 0.6 is 0 Å². The van der Waals surface area contributed by atoms with Crippen LogP contribution in [0.4, 0.5) is 0 Å². The van der Waals surface area contributed by atoms with E-state index in [9.17, 15) is 0 Å². The number of rotatable bonds is 3. The number of allylic oxidation sites excluding steroid dienone is 1. The van der Waals surface area contributed by atoms with Gasteiger partial charge < -0.3 is 0 Å². The summed E-state index contributed by atoms with van der Waals surface area (Å²) in [5.74, 6) is 0.266. The van der Waals surface area contributed by atoms with Gasteiger partial charge in [-0.1, -0.05) is 67.2 Å². The molecule has 0 aliphatic carbocycles. The first-order valence-electron chi connectivity index (χ1n) is 13.2. The molecule has 0 saturated carbocycles. The van der Waals surface area contributed by atoms with Crippen molar-refractivity contribution < 1.29 is 9.13 Å². The highest BCUT2D eigenvalue weighted by Crippen LogP contribution is 2.46. The first kappa shape index (κ1) is 21.9. The van der Waals surface area contributed by atoms with Crippen molar-refractivity contribution in [3.05, 3.63) is 145 Å². The van der Waals surface area contributed by atoms with E-state index in [0.717, 1.165) is 6.42 Å². The molecule has 2 aliphatic rings. The van der Waals surface area contributed by atoms with Crippen molar-refractivity contribution in [1.29, 1.82) is 0 Å². The van der Waals surface area contributed by atoms with E-state index in [4.69, 9.17) is 0 Å². The number of benzene rings is 3. The zero-order valence-electron chi connectivity index (χ0n) is 21.1. The molecule has 0 fully saturated rings. The molecule has 2 heteroatoms. The smallest absolute Gasteiger partial charge is 0.194 e. The molecular weight excluding hydrogens is 448 g/mol.